The van der Waals surface area contributed by atoms with E-state index in [1.165, 1.54) is 7.11 Å². The molecule has 76 valence electrons. The number of ether oxygens (including phenoxy) is 1. The van der Waals surface area contributed by atoms with E-state index in [1.54, 1.807) is 6.20 Å². The quantitative estimate of drug-likeness (QED) is 0.450. The summed E-state index contributed by atoms with van der Waals surface area (Å²) in [7, 11) is 1.50. The van der Waals surface area contributed by atoms with Crippen molar-refractivity contribution >= 4 is 11.5 Å². The summed E-state index contributed by atoms with van der Waals surface area (Å²) in [5.74, 6) is 0.603. The van der Waals surface area contributed by atoms with Gasteiger partial charge in [0.05, 0.1) is 19.0 Å². The second kappa shape index (κ2) is 3.28. The van der Waals surface area contributed by atoms with Gasteiger partial charge in [-0.1, -0.05) is 0 Å². The zero-order valence-corrected chi connectivity index (χ0v) is 7.69. The van der Waals surface area contributed by atoms with Crippen LogP contribution >= 0.6 is 0 Å². The molecule has 1 aliphatic heterocycles. The molecule has 1 aliphatic rings. The van der Waals surface area contributed by atoms with Crippen LogP contribution in [0.15, 0.2) is 6.20 Å². The van der Waals surface area contributed by atoms with E-state index in [0.29, 0.717) is 11.8 Å². The summed E-state index contributed by atoms with van der Waals surface area (Å²) in [6.45, 7) is 0. The number of methoxy groups -OCH3 is 1. The first kappa shape index (κ1) is 8.97. The van der Waals surface area contributed by atoms with Gasteiger partial charge in [-0.15, -0.1) is 0 Å². The summed E-state index contributed by atoms with van der Waals surface area (Å²) in [4.78, 5) is 8.01. The van der Waals surface area contributed by atoms with Gasteiger partial charge in [0.15, 0.2) is 5.82 Å². The van der Waals surface area contributed by atoms with Crippen molar-refractivity contribution < 1.29 is 4.74 Å². The molecule has 0 saturated heterocycles. The van der Waals surface area contributed by atoms with Crippen LogP contribution < -0.4 is 26.8 Å². The van der Waals surface area contributed by atoms with Gasteiger partial charge >= 0.3 is 6.01 Å². The minimum Gasteiger partial charge on any atom is -0.467 e. The molecule has 2 unspecified atom stereocenters. The molecule has 14 heavy (non-hydrogen) atoms. The third kappa shape index (κ3) is 1.42. The Labute approximate surface area is 80.9 Å². The molecule has 2 heterocycles. The topological polar surface area (TPSA) is 111 Å². The highest BCUT2D eigenvalue weighted by Crippen LogP contribution is 2.24. The molecule has 1 aromatic rings. The molecule has 0 bridgehead atoms. The highest BCUT2D eigenvalue weighted by Gasteiger charge is 2.22. The summed E-state index contributed by atoms with van der Waals surface area (Å²) in [6, 6.07) is 0.292. The fourth-order valence-corrected chi connectivity index (χ4v) is 1.20. The van der Waals surface area contributed by atoms with Crippen LogP contribution in [0.1, 0.15) is 0 Å². The van der Waals surface area contributed by atoms with Crippen molar-refractivity contribution in [2.24, 2.45) is 11.5 Å². The van der Waals surface area contributed by atoms with Gasteiger partial charge in [-0.25, -0.2) is 4.98 Å². The van der Waals surface area contributed by atoms with Crippen molar-refractivity contribution in [2.45, 2.75) is 12.3 Å². The number of hydrogen-bond acceptors (Lipinski definition) is 7. The summed E-state index contributed by atoms with van der Waals surface area (Å²) < 4.78 is 4.88. The molecule has 0 saturated carbocycles. The first-order chi connectivity index (χ1) is 6.70. The average Bonchev–Trinajstić information content (AvgIpc) is 2.19. The highest BCUT2D eigenvalue weighted by molar-refractivity contribution is 5.66. The van der Waals surface area contributed by atoms with E-state index in [4.69, 9.17) is 16.2 Å². The maximum atomic E-state index is 5.68. The van der Waals surface area contributed by atoms with Crippen LogP contribution in [0.5, 0.6) is 6.01 Å². The monoisotopic (exact) mass is 196 g/mol. The van der Waals surface area contributed by atoms with Crippen LogP contribution in [0.25, 0.3) is 0 Å². The van der Waals surface area contributed by atoms with Gasteiger partial charge in [0.1, 0.15) is 12.3 Å². The Morgan fingerprint density at radius 1 is 1.36 bits per heavy atom. The summed E-state index contributed by atoms with van der Waals surface area (Å²) >= 11 is 0. The van der Waals surface area contributed by atoms with E-state index in [-0.39, 0.29) is 12.3 Å². The Morgan fingerprint density at radius 3 is 2.79 bits per heavy atom. The van der Waals surface area contributed by atoms with Gasteiger partial charge in [-0.2, -0.15) is 4.98 Å². The van der Waals surface area contributed by atoms with Gasteiger partial charge in [0, 0.05) is 0 Å². The fraction of sp³-hybridized carbons (Fsp3) is 0.429. The number of nitrogens with zero attached hydrogens (tertiary/aromatic N) is 2. The fourth-order valence-electron chi connectivity index (χ4n) is 1.20. The third-order valence-electron chi connectivity index (χ3n) is 1.96. The molecule has 0 radical (unpaired) electrons. The zero-order chi connectivity index (χ0) is 10.1. The molecular weight excluding hydrogens is 184 g/mol. The van der Waals surface area contributed by atoms with Gasteiger partial charge < -0.3 is 26.8 Å². The molecule has 0 fully saturated rings. The van der Waals surface area contributed by atoms with Crippen LogP contribution in [0.3, 0.4) is 0 Å². The predicted octanol–water partition coefficient (Wildman–Crippen LogP) is -1.11. The van der Waals surface area contributed by atoms with E-state index in [0.717, 1.165) is 5.69 Å². The van der Waals surface area contributed by atoms with Crippen molar-refractivity contribution in [2.75, 3.05) is 17.7 Å². The number of nitrogens with two attached hydrogens (primary N) is 2. The predicted molar refractivity (Wildman–Crippen MR) is 51.8 cm³/mol. The summed E-state index contributed by atoms with van der Waals surface area (Å²) in [5.41, 5.74) is 12.1. The van der Waals surface area contributed by atoms with Crippen molar-refractivity contribution in [3.63, 3.8) is 0 Å². The first-order valence-electron chi connectivity index (χ1n) is 4.16. The Bertz CT molecular complexity index is 343. The maximum absolute atomic E-state index is 5.68. The van der Waals surface area contributed by atoms with Gasteiger partial charge in [0.2, 0.25) is 0 Å². The molecule has 0 aromatic carbocycles. The molecular formula is C7H12N6O. The Morgan fingerprint density at radius 2 is 2.07 bits per heavy atom. The second-order valence-corrected chi connectivity index (χ2v) is 2.96. The molecule has 1 aromatic heterocycles. The average molecular weight is 196 g/mol. The lowest BCUT2D eigenvalue weighted by Crippen LogP contribution is -2.54. The molecule has 6 N–H and O–H groups in total. The highest BCUT2D eigenvalue weighted by atomic mass is 16.5. The Hall–Kier alpha value is -1.60. The van der Waals surface area contributed by atoms with Gasteiger partial charge in [-0.05, 0) is 0 Å². The first-order valence-corrected chi connectivity index (χ1v) is 4.16. The van der Waals surface area contributed by atoms with Crippen molar-refractivity contribution in [1.82, 2.24) is 9.97 Å². The van der Waals surface area contributed by atoms with E-state index in [9.17, 15) is 0 Å². The van der Waals surface area contributed by atoms with E-state index in [1.807, 2.05) is 0 Å². The Kier molecular flexibility index (Phi) is 2.10. The van der Waals surface area contributed by atoms with Gasteiger partial charge in [0.25, 0.3) is 0 Å². The number of aromatic nitrogens is 2. The number of hydrogen-bond donors (Lipinski definition) is 4. The minimum atomic E-state index is -0.373. The standard InChI is InChI=1S/C7H12N6O/c1-14-7-10-2-3-6(13-7)12-5(9)4(8)11-3/h2,4-5,11H,8-9H2,1H3,(H,10,12,13). The summed E-state index contributed by atoms with van der Waals surface area (Å²) in [6.07, 6.45) is 0.876. The van der Waals surface area contributed by atoms with E-state index >= 15 is 0 Å². The molecule has 2 atom stereocenters. The van der Waals surface area contributed by atoms with Crippen LogP contribution in [0.4, 0.5) is 11.5 Å². The lowest BCUT2D eigenvalue weighted by molar-refractivity contribution is 0.380. The van der Waals surface area contributed by atoms with Crippen molar-refractivity contribution in [3.05, 3.63) is 6.20 Å². The van der Waals surface area contributed by atoms with E-state index in [2.05, 4.69) is 20.6 Å². The lowest BCUT2D eigenvalue weighted by atomic mass is 10.3. The number of fused-ring (bicyclic) bond motifs is 1. The van der Waals surface area contributed by atoms with Crippen molar-refractivity contribution in [3.8, 4) is 6.01 Å². The van der Waals surface area contributed by atoms with Gasteiger partial charge in [-0.3, -0.25) is 0 Å². The summed E-state index contributed by atoms with van der Waals surface area (Å²) in [5, 5.41) is 5.91. The van der Waals surface area contributed by atoms with Crippen LogP contribution in [0, 0.1) is 0 Å². The Balaban J connectivity index is 2.33. The number of nitrogens with one attached hydrogen (secondary N) is 2. The molecule has 7 nitrogen and oxygen atoms in total. The number of anilines is 2. The molecule has 0 spiro atoms. The maximum Gasteiger partial charge on any atom is 0.318 e. The largest absolute Gasteiger partial charge is 0.467 e. The minimum absolute atomic E-state index is 0.292. The smallest absolute Gasteiger partial charge is 0.318 e. The lowest BCUT2D eigenvalue weighted by Gasteiger charge is -2.29. The molecule has 0 aliphatic carbocycles. The van der Waals surface area contributed by atoms with Crippen LogP contribution in [-0.2, 0) is 0 Å². The zero-order valence-electron chi connectivity index (χ0n) is 7.69. The van der Waals surface area contributed by atoms with Crippen molar-refractivity contribution in [1.29, 1.82) is 0 Å². The van der Waals surface area contributed by atoms with Crippen LogP contribution in [0.2, 0.25) is 0 Å². The molecule has 2 rings (SSSR count). The third-order valence-corrected chi connectivity index (χ3v) is 1.96. The number of rotatable bonds is 1. The molecule has 7 heteroatoms. The van der Waals surface area contributed by atoms with Crippen LogP contribution in [-0.4, -0.2) is 29.4 Å². The normalized spacial score (nSPS) is 24.5. The second-order valence-electron chi connectivity index (χ2n) is 2.96. The SMILES string of the molecule is COc1ncc2c(n1)NC(N)C(N)N2. The molecule has 0 amide bonds. The van der Waals surface area contributed by atoms with E-state index < -0.39 is 0 Å².